The van der Waals surface area contributed by atoms with Gasteiger partial charge in [-0.05, 0) is 43.3 Å². The van der Waals surface area contributed by atoms with Crippen LogP contribution in [0.2, 0.25) is 0 Å². The Morgan fingerprint density at radius 1 is 1.19 bits per heavy atom. The molecule has 4 rings (SSSR count). The van der Waals surface area contributed by atoms with E-state index in [4.69, 9.17) is 9.26 Å². The minimum atomic E-state index is -0.478. The Kier molecular flexibility index (Phi) is 6.03. The SMILES string of the molecule is Cc1nn(-c2ccccc2)c(COC(=O)CCc2nc(-c3ccc(F)cc3)no2)c1C#N. The van der Waals surface area contributed by atoms with Crippen LogP contribution in [0.4, 0.5) is 4.39 Å². The summed E-state index contributed by atoms with van der Waals surface area (Å²) in [5.74, 6) is -0.254. The van der Waals surface area contributed by atoms with Gasteiger partial charge in [0.05, 0.1) is 23.5 Å². The second kappa shape index (κ2) is 9.22. The van der Waals surface area contributed by atoms with Crippen LogP contribution in [0.5, 0.6) is 0 Å². The Labute approximate surface area is 182 Å². The second-order valence-corrected chi connectivity index (χ2v) is 6.95. The Hall–Kier alpha value is -4.32. The summed E-state index contributed by atoms with van der Waals surface area (Å²) >= 11 is 0. The number of ether oxygens (including phenoxy) is 1. The van der Waals surface area contributed by atoms with Crippen LogP contribution in [0.3, 0.4) is 0 Å². The first kappa shape index (κ1) is 20.9. The highest BCUT2D eigenvalue weighted by Gasteiger charge is 2.18. The van der Waals surface area contributed by atoms with Gasteiger partial charge in [0, 0.05) is 12.0 Å². The predicted molar refractivity (Wildman–Crippen MR) is 111 cm³/mol. The molecule has 0 spiro atoms. The van der Waals surface area contributed by atoms with Crippen molar-refractivity contribution in [3.05, 3.63) is 83.3 Å². The molecule has 0 saturated heterocycles. The predicted octanol–water partition coefficient (Wildman–Crippen LogP) is 3.92. The van der Waals surface area contributed by atoms with Crippen molar-refractivity contribution < 1.29 is 18.4 Å². The van der Waals surface area contributed by atoms with Crippen molar-refractivity contribution in [3.63, 3.8) is 0 Å². The zero-order valence-corrected chi connectivity index (χ0v) is 17.2. The Bertz CT molecular complexity index is 1270. The quantitative estimate of drug-likeness (QED) is 0.408. The molecule has 0 aliphatic carbocycles. The molecule has 0 atom stereocenters. The molecule has 0 aliphatic heterocycles. The molecule has 0 aliphatic rings. The van der Waals surface area contributed by atoms with Crippen molar-refractivity contribution in [2.24, 2.45) is 0 Å². The lowest BCUT2D eigenvalue weighted by molar-refractivity contribution is -0.145. The molecule has 0 N–H and O–H groups in total. The van der Waals surface area contributed by atoms with Gasteiger partial charge in [-0.25, -0.2) is 9.07 Å². The van der Waals surface area contributed by atoms with E-state index in [1.54, 1.807) is 23.7 Å². The van der Waals surface area contributed by atoms with E-state index in [-0.39, 0.29) is 31.2 Å². The van der Waals surface area contributed by atoms with Crippen molar-refractivity contribution >= 4 is 5.97 Å². The van der Waals surface area contributed by atoms with Gasteiger partial charge in [0.1, 0.15) is 24.1 Å². The number of benzene rings is 2. The van der Waals surface area contributed by atoms with Crippen LogP contribution in [0.1, 0.15) is 29.3 Å². The maximum absolute atomic E-state index is 13.0. The lowest BCUT2D eigenvalue weighted by Crippen LogP contribution is -2.10. The minimum Gasteiger partial charge on any atom is -0.459 e. The molecular formula is C23H18FN5O3. The van der Waals surface area contributed by atoms with Crippen LogP contribution < -0.4 is 0 Å². The number of nitriles is 1. The van der Waals surface area contributed by atoms with Gasteiger partial charge in [-0.2, -0.15) is 15.3 Å². The van der Waals surface area contributed by atoms with E-state index in [2.05, 4.69) is 21.3 Å². The number of esters is 1. The van der Waals surface area contributed by atoms with E-state index >= 15 is 0 Å². The second-order valence-electron chi connectivity index (χ2n) is 6.95. The monoisotopic (exact) mass is 431 g/mol. The number of aromatic nitrogens is 4. The Morgan fingerprint density at radius 2 is 1.94 bits per heavy atom. The normalized spacial score (nSPS) is 10.7. The highest BCUT2D eigenvalue weighted by Crippen LogP contribution is 2.20. The number of hydrogen-bond donors (Lipinski definition) is 0. The van der Waals surface area contributed by atoms with Gasteiger partial charge in [-0.1, -0.05) is 23.4 Å². The zero-order chi connectivity index (χ0) is 22.5. The molecule has 0 radical (unpaired) electrons. The number of aryl methyl sites for hydroxylation is 2. The average molecular weight is 431 g/mol. The van der Waals surface area contributed by atoms with Crippen molar-refractivity contribution in [1.29, 1.82) is 5.26 Å². The highest BCUT2D eigenvalue weighted by molar-refractivity contribution is 5.69. The summed E-state index contributed by atoms with van der Waals surface area (Å²) < 4.78 is 25.2. The summed E-state index contributed by atoms with van der Waals surface area (Å²) in [7, 11) is 0. The fraction of sp³-hybridized carbons (Fsp3) is 0.174. The molecule has 32 heavy (non-hydrogen) atoms. The summed E-state index contributed by atoms with van der Waals surface area (Å²) in [4.78, 5) is 16.5. The number of nitrogens with zero attached hydrogens (tertiary/aromatic N) is 5. The van der Waals surface area contributed by atoms with Crippen LogP contribution in [0.15, 0.2) is 59.1 Å². The van der Waals surface area contributed by atoms with Crippen molar-refractivity contribution in [2.75, 3.05) is 0 Å². The van der Waals surface area contributed by atoms with E-state index in [0.717, 1.165) is 5.69 Å². The number of rotatable bonds is 7. The molecule has 0 unspecified atom stereocenters. The molecule has 9 heteroatoms. The van der Waals surface area contributed by atoms with Crippen molar-refractivity contribution in [2.45, 2.75) is 26.4 Å². The lowest BCUT2D eigenvalue weighted by Gasteiger charge is -2.08. The first-order valence-electron chi connectivity index (χ1n) is 9.83. The maximum Gasteiger partial charge on any atom is 0.306 e. The first-order chi connectivity index (χ1) is 15.5. The molecule has 0 amide bonds. The summed E-state index contributed by atoms with van der Waals surface area (Å²) in [6.45, 7) is 1.64. The molecule has 0 fully saturated rings. The number of carbonyl (C=O) groups is 1. The van der Waals surface area contributed by atoms with Gasteiger partial charge in [0.25, 0.3) is 0 Å². The zero-order valence-electron chi connectivity index (χ0n) is 17.2. The number of halogens is 1. The summed E-state index contributed by atoms with van der Waals surface area (Å²) in [5, 5.41) is 17.8. The maximum atomic E-state index is 13.0. The van der Waals surface area contributed by atoms with Crippen LogP contribution in [0, 0.1) is 24.1 Å². The Morgan fingerprint density at radius 3 is 2.66 bits per heavy atom. The Balaban J connectivity index is 1.39. The fourth-order valence-corrected chi connectivity index (χ4v) is 3.14. The van der Waals surface area contributed by atoms with E-state index in [1.807, 2.05) is 30.3 Å². The van der Waals surface area contributed by atoms with Crippen LogP contribution in [-0.2, 0) is 22.6 Å². The summed E-state index contributed by atoms with van der Waals surface area (Å²) in [6.07, 6.45) is 0.209. The third-order valence-electron chi connectivity index (χ3n) is 4.75. The van der Waals surface area contributed by atoms with Crippen LogP contribution in [0.25, 0.3) is 17.1 Å². The summed E-state index contributed by atoms with van der Waals surface area (Å²) in [6, 6.07) is 17.1. The molecule has 0 bridgehead atoms. The standard InChI is InChI=1S/C23H18FN5O3/c1-15-19(13-25)20(29(27-15)18-5-3-2-4-6-18)14-31-22(30)12-11-21-26-23(28-32-21)16-7-9-17(24)10-8-16/h2-10H,11-12,14H2,1H3. The molecular weight excluding hydrogens is 413 g/mol. The van der Waals surface area contributed by atoms with E-state index in [9.17, 15) is 14.4 Å². The van der Waals surface area contributed by atoms with Crippen LogP contribution >= 0.6 is 0 Å². The third kappa shape index (κ3) is 4.54. The van der Waals surface area contributed by atoms with E-state index in [0.29, 0.717) is 28.3 Å². The molecule has 2 heterocycles. The van der Waals surface area contributed by atoms with E-state index < -0.39 is 5.97 Å². The molecule has 8 nitrogen and oxygen atoms in total. The van der Waals surface area contributed by atoms with Gasteiger partial charge in [-0.15, -0.1) is 0 Å². The first-order valence-corrected chi connectivity index (χ1v) is 9.83. The van der Waals surface area contributed by atoms with Gasteiger partial charge < -0.3 is 9.26 Å². The van der Waals surface area contributed by atoms with Gasteiger partial charge in [0.2, 0.25) is 11.7 Å². The lowest BCUT2D eigenvalue weighted by atomic mass is 10.2. The van der Waals surface area contributed by atoms with Crippen molar-refractivity contribution in [1.82, 2.24) is 19.9 Å². The van der Waals surface area contributed by atoms with Crippen molar-refractivity contribution in [3.8, 4) is 23.1 Å². The molecule has 2 aromatic heterocycles. The number of carbonyl (C=O) groups excluding carboxylic acids is 1. The largest absolute Gasteiger partial charge is 0.459 e. The van der Waals surface area contributed by atoms with Gasteiger partial charge >= 0.3 is 5.97 Å². The van der Waals surface area contributed by atoms with Gasteiger partial charge in [0.15, 0.2) is 0 Å². The minimum absolute atomic E-state index is 0.0192. The smallest absolute Gasteiger partial charge is 0.306 e. The number of para-hydroxylation sites is 1. The summed E-state index contributed by atoms with van der Waals surface area (Å²) in [5.41, 5.74) is 2.81. The van der Waals surface area contributed by atoms with Gasteiger partial charge in [-0.3, -0.25) is 4.79 Å². The third-order valence-corrected chi connectivity index (χ3v) is 4.75. The molecule has 160 valence electrons. The fourth-order valence-electron chi connectivity index (χ4n) is 3.14. The van der Waals surface area contributed by atoms with E-state index in [1.165, 1.54) is 12.1 Å². The topological polar surface area (TPSA) is 107 Å². The molecule has 4 aromatic rings. The van der Waals surface area contributed by atoms with Crippen LogP contribution in [-0.4, -0.2) is 25.9 Å². The average Bonchev–Trinajstić information content (AvgIpc) is 3.41. The molecule has 2 aromatic carbocycles. The molecule has 0 saturated carbocycles. The highest BCUT2D eigenvalue weighted by atomic mass is 19.1. The number of hydrogen-bond acceptors (Lipinski definition) is 7.